The highest BCUT2D eigenvalue weighted by atomic mass is 79.9. The van der Waals surface area contributed by atoms with Crippen molar-refractivity contribution < 1.29 is 4.74 Å². The summed E-state index contributed by atoms with van der Waals surface area (Å²) in [7, 11) is 0. The molecule has 0 spiro atoms. The zero-order valence-electron chi connectivity index (χ0n) is 7.21. The highest BCUT2D eigenvalue weighted by Gasteiger charge is 2.00. The third kappa shape index (κ3) is 3.32. The van der Waals surface area contributed by atoms with Crippen molar-refractivity contribution in [3.05, 3.63) is 28.2 Å². The SMILES string of the molecule is Cc1ccc(OCC(N)=S)c(Br)c1. The fraction of sp³-hybridized carbons (Fsp3) is 0.222. The van der Waals surface area contributed by atoms with Gasteiger partial charge in [0.15, 0.2) is 0 Å². The summed E-state index contributed by atoms with van der Waals surface area (Å²) >= 11 is 8.09. The molecule has 0 aromatic heterocycles. The monoisotopic (exact) mass is 259 g/mol. The van der Waals surface area contributed by atoms with Gasteiger partial charge in [0.05, 0.1) is 4.47 Å². The summed E-state index contributed by atoms with van der Waals surface area (Å²) in [4.78, 5) is 0.354. The van der Waals surface area contributed by atoms with Gasteiger partial charge in [0.2, 0.25) is 0 Å². The standard InChI is InChI=1S/C9H10BrNOS/c1-6-2-3-8(7(10)4-6)12-5-9(11)13/h2-4H,5H2,1H3,(H2,11,13). The lowest BCUT2D eigenvalue weighted by molar-refractivity contribution is 0.375. The Morgan fingerprint density at radius 3 is 2.85 bits per heavy atom. The van der Waals surface area contributed by atoms with Crippen LogP contribution in [0.1, 0.15) is 5.56 Å². The van der Waals surface area contributed by atoms with Gasteiger partial charge in [-0.05, 0) is 40.5 Å². The van der Waals surface area contributed by atoms with Crippen molar-refractivity contribution >= 4 is 33.1 Å². The predicted octanol–water partition coefficient (Wildman–Crippen LogP) is 2.42. The van der Waals surface area contributed by atoms with Crippen LogP contribution in [-0.2, 0) is 0 Å². The molecular weight excluding hydrogens is 250 g/mol. The second-order valence-electron chi connectivity index (χ2n) is 2.69. The molecule has 13 heavy (non-hydrogen) atoms. The Hall–Kier alpha value is -0.610. The van der Waals surface area contributed by atoms with Crippen LogP contribution in [0.3, 0.4) is 0 Å². The third-order valence-corrected chi connectivity index (χ3v) is 2.19. The largest absolute Gasteiger partial charge is 0.485 e. The molecule has 2 N–H and O–H groups in total. The number of hydrogen-bond acceptors (Lipinski definition) is 2. The first-order chi connectivity index (χ1) is 6.09. The average Bonchev–Trinajstić information content (AvgIpc) is 2.02. The minimum atomic E-state index is 0.275. The van der Waals surface area contributed by atoms with Crippen LogP contribution in [0.4, 0.5) is 0 Å². The first-order valence-electron chi connectivity index (χ1n) is 3.77. The number of nitrogens with two attached hydrogens (primary N) is 1. The molecule has 1 aromatic rings. The Morgan fingerprint density at radius 1 is 1.62 bits per heavy atom. The maximum absolute atomic E-state index is 5.34. The van der Waals surface area contributed by atoms with Crippen LogP contribution in [0.15, 0.2) is 22.7 Å². The number of hydrogen-bond donors (Lipinski definition) is 1. The first kappa shape index (κ1) is 10.5. The zero-order chi connectivity index (χ0) is 9.84. The Labute approximate surface area is 91.2 Å². The van der Waals surface area contributed by atoms with Crippen LogP contribution in [0.5, 0.6) is 5.75 Å². The van der Waals surface area contributed by atoms with Crippen molar-refractivity contribution in [2.45, 2.75) is 6.92 Å². The van der Waals surface area contributed by atoms with E-state index in [1.54, 1.807) is 0 Å². The van der Waals surface area contributed by atoms with Gasteiger partial charge in [-0.25, -0.2) is 0 Å². The Morgan fingerprint density at radius 2 is 2.31 bits per heavy atom. The molecule has 0 saturated heterocycles. The Kier molecular flexibility index (Phi) is 3.69. The minimum Gasteiger partial charge on any atom is -0.485 e. The van der Waals surface area contributed by atoms with E-state index in [0.717, 1.165) is 10.2 Å². The van der Waals surface area contributed by atoms with E-state index in [2.05, 4.69) is 15.9 Å². The molecule has 0 unspecified atom stereocenters. The second-order valence-corrected chi connectivity index (χ2v) is 4.07. The van der Waals surface area contributed by atoms with E-state index in [4.69, 9.17) is 22.7 Å². The van der Waals surface area contributed by atoms with Gasteiger partial charge >= 0.3 is 0 Å². The summed E-state index contributed by atoms with van der Waals surface area (Å²) in [5.41, 5.74) is 6.49. The second kappa shape index (κ2) is 4.58. The molecule has 0 aliphatic heterocycles. The van der Waals surface area contributed by atoms with Gasteiger partial charge in [0.1, 0.15) is 17.3 Å². The molecular formula is C9H10BrNOS. The van der Waals surface area contributed by atoms with Crippen molar-refractivity contribution in [1.29, 1.82) is 0 Å². The molecule has 0 bridgehead atoms. The lowest BCUT2D eigenvalue weighted by Crippen LogP contribution is -2.17. The molecule has 0 amide bonds. The quantitative estimate of drug-likeness (QED) is 0.848. The molecule has 0 saturated carbocycles. The number of benzene rings is 1. The fourth-order valence-corrected chi connectivity index (χ4v) is 1.54. The van der Waals surface area contributed by atoms with E-state index in [1.807, 2.05) is 25.1 Å². The molecule has 0 heterocycles. The van der Waals surface area contributed by atoms with Gasteiger partial charge in [0, 0.05) is 0 Å². The molecule has 0 radical (unpaired) electrons. The summed E-state index contributed by atoms with van der Waals surface area (Å²) in [5, 5.41) is 0. The lowest BCUT2D eigenvalue weighted by Gasteiger charge is -2.07. The van der Waals surface area contributed by atoms with Crippen LogP contribution < -0.4 is 10.5 Å². The van der Waals surface area contributed by atoms with Crippen molar-refractivity contribution in [3.63, 3.8) is 0 Å². The minimum absolute atomic E-state index is 0.275. The Balaban J connectivity index is 2.72. The van der Waals surface area contributed by atoms with E-state index in [0.29, 0.717) is 4.99 Å². The van der Waals surface area contributed by atoms with Crippen molar-refractivity contribution in [2.24, 2.45) is 5.73 Å². The molecule has 0 fully saturated rings. The highest BCUT2D eigenvalue weighted by molar-refractivity contribution is 9.10. The number of thiocarbonyl (C=S) groups is 1. The van der Waals surface area contributed by atoms with Crippen molar-refractivity contribution in [2.75, 3.05) is 6.61 Å². The summed E-state index contributed by atoms with van der Waals surface area (Å²) in [5.74, 6) is 0.762. The highest BCUT2D eigenvalue weighted by Crippen LogP contribution is 2.25. The van der Waals surface area contributed by atoms with Gasteiger partial charge < -0.3 is 10.5 Å². The van der Waals surface area contributed by atoms with Gasteiger partial charge in [0.25, 0.3) is 0 Å². The van der Waals surface area contributed by atoms with Crippen LogP contribution in [0.2, 0.25) is 0 Å². The van der Waals surface area contributed by atoms with Gasteiger partial charge in [-0.3, -0.25) is 0 Å². The number of aryl methyl sites for hydroxylation is 1. The topological polar surface area (TPSA) is 35.2 Å². The molecule has 70 valence electrons. The van der Waals surface area contributed by atoms with Crippen LogP contribution in [-0.4, -0.2) is 11.6 Å². The lowest BCUT2D eigenvalue weighted by atomic mass is 10.2. The summed E-state index contributed by atoms with van der Waals surface area (Å²) in [6.45, 7) is 2.29. The smallest absolute Gasteiger partial charge is 0.138 e. The molecule has 4 heteroatoms. The molecule has 0 aliphatic rings. The zero-order valence-corrected chi connectivity index (χ0v) is 9.61. The van der Waals surface area contributed by atoms with Gasteiger partial charge in [-0.2, -0.15) is 0 Å². The molecule has 0 aliphatic carbocycles. The Bertz CT molecular complexity index is 327. The summed E-state index contributed by atoms with van der Waals surface area (Å²) < 4.78 is 6.26. The van der Waals surface area contributed by atoms with Crippen LogP contribution >= 0.6 is 28.1 Å². The predicted molar refractivity (Wildman–Crippen MR) is 61.2 cm³/mol. The van der Waals surface area contributed by atoms with E-state index in [1.165, 1.54) is 5.56 Å². The fourth-order valence-electron chi connectivity index (χ4n) is 0.872. The number of halogens is 1. The van der Waals surface area contributed by atoms with Crippen molar-refractivity contribution in [3.8, 4) is 5.75 Å². The van der Waals surface area contributed by atoms with E-state index >= 15 is 0 Å². The van der Waals surface area contributed by atoms with Gasteiger partial charge in [-0.1, -0.05) is 18.3 Å². The summed E-state index contributed by atoms with van der Waals surface area (Å²) in [6.07, 6.45) is 0. The number of ether oxygens (including phenoxy) is 1. The summed E-state index contributed by atoms with van der Waals surface area (Å²) in [6, 6.07) is 5.84. The maximum Gasteiger partial charge on any atom is 0.138 e. The van der Waals surface area contributed by atoms with E-state index in [-0.39, 0.29) is 6.61 Å². The van der Waals surface area contributed by atoms with Crippen LogP contribution in [0, 0.1) is 6.92 Å². The van der Waals surface area contributed by atoms with Crippen molar-refractivity contribution in [1.82, 2.24) is 0 Å². The van der Waals surface area contributed by atoms with Gasteiger partial charge in [-0.15, -0.1) is 0 Å². The molecule has 0 atom stereocenters. The van der Waals surface area contributed by atoms with E-state index < -0.39 is 0 Å². The van der Waals surface area contributed by atoms with Crippen LogP contribution in [0.25, 0.3) is 0 Å². The molecule has 2 nitrogen and oxygen atoms in total. The first-order valence-corrected chi connectivity index (χ1v) is 4.97. The molecule has 1 rings (SSSR count). The third-order valence-electron chi connectivity index (χ3n) is 1.46. The molecule has 1 aromatic carbocycles. The maximum atomic E-state index is 5.34. The normalized spacial score (nSPS) is 9.69. The average molecular weight is 260 g/mol. The van der Waals surface area contributed by atoms with E-state index in [9.17, 15) is 0 Å². The number of rotatable bonds is 3.